The molecule has 15 heavy (non-hydrogen) atoms. The summed E-state index contributed by atoms with van der Waals surface area (Å²) in [4.78, 5) is 22.9. The lowest BCUT2D eigenvalue weighted by Gasteiger charge is -2.15. The van der Waals surface area contributed by atoms with E-state index in [0.717, 1.165) is 4.90 Å². The number of imide groups is 1. The zero-order valence-electron chi connectivity index (χ0n) is 8.21. The smallest absolute Gasteiger partial charge is 0.418 e. The molecule has 0 aliphatic rings. The van der Waals surface area contributed by atoms with Crippen molar-refractivity contribution in [1.29, 1.82) is 0 Å². The van der Waals surface area contributed by atoms with Crippen LogP contribution < -0.4 is 4.90 Å². The van der Waals surface area contributed by atoms with Crippen LogP contribution in [0.5, 0.6) is 0 Å². The van der Waals surface area contributed by atoms with Crippen molar-refractivity contribution in [3.05, 3.63) is 30.3 Å². The van der Waals surface area contributed by atoms with Gasteiger partial charge < -0.3 is 5.11 Å². The Bertz CT molecular complexity index is 340. The normalized spacial score (nSPS) is 8.87. The van der Waals surface area contributed by atoms with E-state index in [4.69, 9.17) is 5.11 Å². The summed E-state index contributed by atoms with van der Waals surface area (Å²) in [6, 6.07) is 8.31. The van der Waals surface area contributed by atoms with E-state index < -0.39 is 12.0 Å². The number of rotatable bonds is 2. The molecule has 4 nitrogen and oxygen atoms in total. The lowest BCUT2D eigenvalue weighted by molar-refractivity contribution is -0.117. The minimum atomic E-state index is -1.25. The highest BCUT2D eigenvalue weighted by molar-refractivity contribution is 6.11. The van der Waals surface area contributed by atoms with Crippen molar-refractivity contribution in [1.82, 2.24) is 0 Å². The predicted molar refractivity (Wildman–Crippen MR) is 59.5 cm³/mol. The van der Waals surface area contributed by atoms with Gasteiger partial charge in [-0.3, -0.25) is 4.79 Å². The quantitative estimate of drug-likeness (QED) is 0.848. The second-order valence-corrected chi connectivity index (χ2v) is 2.70. The number of carboxylic acid groups (broad SMARTS) is 1. The van der Waals surface area contributed by atoms with Gasteiger partial charge in [-0.15, -0.1) is 12.4 Å². The molecule has 0 aliphatic heterocycles. The largest absolute Gasteiger partial charge is 0.464 e. The molecule has 0 saturated carbocycles. The Morgan fingerprint density at radius 3 is 2.20 bits per heavy atom. The number of hydrogen-bond donors (Lipinski definition) is 1. The van der Waals surface area contributed by atoms with Crippen LogP contribution in [0.1, 0.15) is 13.3 Å². The van der Waals surface area contributed by atoms with Crippen LogP contribution in [0, 0.1) is 0 Å². The van der Waals surface area contributed by atoms with Gasteiger partial charge in [0.1, 0.15) is 0 Å². The topological polar surface area (TPSA) is 57.6 Å². The van der Waals surface area contributed by atoms with E-state index in [2.05, 4.69) is 0 Å². The van der Waals surface area contributed by atoms with Crippen LogP contribution in [-0.2, 0) is 4.79 Å². The monoisotopic (exact) mass is 229 g/mol. The SMILES string of the molecule is CCC(=O)N(C(=O)O)c1ccccc1.Cl. The molecule has 0 saturated heterocycles. The van der Waals surface area contributed by atoms with E-state index in [9.17, 15) is 9.59 Å². The number of benzene rings is 1. The number of anilines is 1. The summed E-state index contributed by atoms with van der Waals surface area (Å²) in [6.45, 7) is 1.63. The van der Waals surface area contributed by atoms with Crippen molar-refractivity contribution in [3.8, 4) is 0 Å². The molecule has 0 aliphatic carbocycles. The molecule has 0 fully saturated rings. The third kappa shape index (κ3) is 3.25. The maximum absolute atomic E-state index is 11.3. The van der Waals surface area contributed by atoms with Crippen molar-refractivity contribution in [2.45, 2.75) is 13.3 Å². The molecule has 82 valence electrons. The van der Waals surface area contributed by atoms with Crippen molar-refractivity contribution < 1.29 is 14.7 Å². The summed E-state index contributed by atoms with van der Waals surface area (Å²) in [5.41, 5.74) is 0.381. The lowest BCUT2D eigenvalue weighted by Crippen LogP contribution is -2.35. The molecule has 0 heterocycles. The van der Waals surface area contributed by atoms with Crippen molar-refractivity contribution >= 4 is 30.1 Å². The van der Waals surface area contributed by atoms with E-state index in [1.54, 1.807) is 37.3 Å². The van der Waals surface area contributed by atoms with E-state index >= 15 is 0 Å². The fourth-order valence-corrected chi connectivity index (χ4v) is 1.10. The van der Waals surface area contributed by atoms with Gasteiger partial charge in [-0.1, -0.05) is 25.1 Å². The molecule has 0 bridgehead atoms. The number of halogens is 1. The lowest BCUT2D eigenvalue weighted by atomic mass is 10.3. The maximum atomic E-state index is 11.3. The second-order valence-electron chi connectivity index (χ2n) is 2.70. The molecule has 1 aromatic rings. The number of carbonyl (C=O) groups is 2. The van der Waals surface area contributed by atoms with Crippen LogP contribution in [0.3, 0.4) is 0 Å². The fourth-order valence-electron chi connectivity index (χ4n) is 1.10. The zero-order chi connectivity index (χ0) is 10.6. The number of hydrogen-bond acceptors (Lipinski definition) is 2. The van der Waals surface area contributed by atoms with Gasteiger partial charge in [0, 0.05) is 6.42 Å². The number of amides is 2. The van der Waals surface area contributed by atoms with Crippen LogP contribution in [-0.4, -0.2) is 17.1 Å². The molecule has 1 aromatic carbocycles. The first-order valence-corrected chi connectivity index (χ1v) is 4.27. The standard InChI is InChI=1S/C10H11NO3.ClH/c1-2-9(12)11(10(13)14)8-6-4-3-5-7-8;/h3-7H,2H2,1H3,(H,13,14);1H. The highest BCUT2D eigenvalue weighted by Gasteiger charge is 2.20. The molecule has 0 spiro atoms. The second kappa shape index (κ2) is 6.03. The Morgan fingerprint density at radius 1 is 1.27 bits per heavy atom. The van der Waals surface area contributed by atoms with Gasteiger partial charge in [-0.05, 0) is 12.1 Å². The molecule has 1 rings (SSSR count). The third-order valence-electron chi connectivity index (χ3n) is 1.76. The molecule has 5 heteroatoms. The summed E-state index contributed by atoms with van der Waals surface area (Å²) in [5.74, 6) is -0.427. The van der Waals surface area contributed by atoms with E-state index in [-0.39, 0.29) is 18.8 Å². The molecule has 0 unspecified atom stereocenters. The fraction of sp³-hybridized carbons (Fsp3) is 0.200. The van der Waals surface area contributed by atoms with E-state index in [1.165, 1.54) is 0 Å². The molecule has 2 amide bonds. The summed E-state index contributed by atoms with van der Waals surface area (Å²) < 4.78 is 0. The molecule has 0 radical (unpaired) electrons. The molecular weight excluding hydrogens is 218 g/mol. The van der Waals surface area contributed by atoms with Crippen LogP contribution in [0.2, 0.25) is 0 Å². The first kappa shape index (κ1) is 13.5. The van der Waals surface area contributed by atoms with Crippen LogP contribution in [0.4, 0.5) is 10.5 Å². The van der Waals surface area contributed by atoms with Gasteiger partial charge in [0.05, 0.1) is 5.69 Å². The van der Waals surface area contributed by atoms with E-state index in [1.807, 2.05) is 0 Å². The van der Waals surface area contributed by atoms with Gasteiger partial charge in [0.2, 0.25) is 5.91 Å². The van der Waals surface area contributed by atoms with Gasteiger partial charge >= 0.3 is 6.09 Å². The average Bonchev–Trinajstić information content (AvgIpc) is 2.19. The van der Waals surface area contributed by atoms with Gasteiger partial charge in [0.15, 0.2) is 0 Å². The first-order valence-electron chi connectivity index (χ1n) is 4.27. The highest BCUT2D eigenvalue weighted by atomic mass is 35.5. The summed E-state index contributed by atoms with van der Waals surface area (Å²) in [6.07, 6.45) is -1.08. The predicted octanol–water partition coefficient (Wildman–Crippen LogP) is 2.53. The van der Waals surface area contributed by atoms with Crippen LogP contribution >= 0.6 is 12.4 Å². The summed E-state index contributed by atoms with van der Waals surface area (Å²) in [7, 11) is 0. The number of nitrogens with zero attached hydrogens (tertiary/aromatic N) is 1. The minimum Gasteiger partial charge on any atom is -0.464 e. The minimum absolute atomic E-state index is 0. The summed E-state index contributed by atoms with van der Waals surface area (Å²) >= 11 is 0. The zero-order valence-corrected chi connectivity index (χ0v) is 9.03. The maximum Gasteiger partial charge on any atom is 0.418 e. The van der Waals surface area contributed by atoms with E-state index in [0.29, 0.717) is 5.69 Å². The Hall–Kier alpha value is -1.55. The van der Waals surface area contributed by atoms with Crippen LogP contribution in [0.15, 0.2) is 30.3 Å². The number of para-hydroxylation sites is 1. The van der Waals surface area contributed by atoms with Crippen LogP contribution in [0.25, 0.3) is 0 Å². The molecular formula is C10H12ClNO3. The highest BCUT2D eigenvalue weighted by Crippen LogP contribution is 2.14. The average molecular weight is 230 g/mol. The Kier molecular flexibility index (Phi) is 5.41. The van der Waals surface area contributed by atoms with Gasteiger partial charge in [0.25, 0.3) is 0 Å². The Morgan fingerprint density at radius 2 is 1.80 bits per heavy atom. The van der Waals surface area contributed by atoms with Gasteiger partial charge in [-0.25, -0.2) is 9.69 Å². The van der Waals surface area contributed by atoms with Gasteiger partial charge in [-0.2, -0.15) is 0 Å². The summed E-state index contributed by atoms with van der Waals surface area (Å²) in [5, 5.41) is 8.83. The van der Waals surface area contributed by atoms with Crippen molar-refractivity contribution in [2.75, 3.05) is 4.90 Å². The molecule has 0 aromatic heterocycles. The third-order valence-corrected chi connectivity index (χ3v) is 1.76. The van der Waals surface area contributed by atoms with Crippen molar-refractivity contribution in [2.24, 2.45) is 0 Å². The van der Waals surface area contributed by atoms with Crippen molar-refractivity contribution in [3.63, 3.8) is 0 Å². The molecule has 1 N–H and O–H groups in total. The molecule has 0 atom stereocenters. The Balaban J connectivity index is 0.00000196. The first-order chi connectivity index (χ1) is 6.66. The Labute approximate surface area is 93.9 Å². The number of carbonyl (C=O) groups excluding carboxylic acids is 1.